The monoisotopic (exact) mass is 367 g/mol. The van der Waals surface area contributed by atoms with Gasteiger partial charge in [0.15, 0.2) is 5.76 Å². The normalized spacial score (nSPS) is 16.0. The third-order valence-corrected chi connectivity index (χ3v) is 6.01. The van der Waals surface area contributed by atoms with Crippen LogP contribution >= 0.6 is 0 Å². The molecule has 0 aromatic carbocycles. The van der Waals surface area contributed by atoms with Crippen LogP contribution < -0.4 is 4.72 Å². The third kappa shape index (κ3) is 3.94. The van der Waals surface area contributed by atoms with Gasteiger partial charge in [0.1, 0.15) is 10.6 Å². The van der Waals surface area contributed by atoms with Crippen LogP contribution in [0.2, 0.25) is 0 Å². The van der Waals surface area contributed by atoms with Gasteiger partial charge in [0.25, 0.3) is 0 Å². The molecule has 2 aromatic heterocycles. The predicted molar refractivity (Wildman–Crippen MR) is 92.4 cm³/mol. The van der Waals surface area contributed by atoms with Crippen LogP contribution in [0, 0.1) is 13.8 Å². The standard InChI is InChI=1S/C16H25N5O3S/c1-4-6-20-7-5-8-21-15(11-20)9-14(18-21)10-17-25(22,23)16-12(2)19-24-13(16)3/h9,17H,4-8,10-11H2,1-3H3. The summed E-state index contributed by atoms with van der Waals surface area (Å²) in [5, 5.41) is 8.27. The van der Waals surface area contributed by atoms with E-state index in [9.17, 15) is 8.42 Å². The van der Waals surface area contributed by atoms with Gasteiger partial charge in [-0.05, 0) is 39.3 Å². The molecular formula is C16H25N5O3S. The number of rotatable bonds is 6. The van der Waals surface area contributed by atoms with Crippen molar-refractivity contribution in [3.05, 3.63) is 28.9 Å². The molecule has 0 radical (unpaired) electrons. The minimum Gasteiger partial charge on any atom is -0.360 e. The Balaban J connectivity index is 1.72. The van der Waals surface area contributed by atoms with E-state index in [1.165, 1.54) is 0 Å². The van der Waals surface area contributed by atoms with Crippen LogP contribution in [0.3, 0.4) is 0 Å². The first-order chi connectivity index (χ1) is 11.9. The maximum absolute atomic E-state index is 12.5. The maximum Gasteiger partial charge on any atom is 0.246 e. The Morgan fingerprint density at radius 1 is 1.32 bits per heavy atom. The van der Waals surface area contributed by atoms with E-state index in [4.69, 9.17) is 4.52 Å². The Kier molecular flexibility index (Phi) is 5.26. The molecule has 2 aromatic rings. The van der Waals surface area contributed by atoms with Crippen molar-refractivity contribution in [3.63, 3.8) is 0 Å². The van der Waals surface area contributed by atoms with Crippen LogP contribution in [-0.4, -0.2) is 41.3 Å². The number of nitrogens with one attached hydrogen (secondary N) is 1. The summed E-state index contributed by atoms with van der Waals surface area (Å²) in [6, 6.07) is 1.99. The molecule has 0 saturated heterocycles. The fourth-order valence-electron chi connectivity index (χ4n) is 3.28. The van der Waals surface area contributed by atoms with Crippen molar-refractivity contribution >= 4 is 10.0 Å². The van der Waals surface area contributed by atoms with E-state index in [0.717, 1.165) is 50.4 Å². The number of aryl methyl sites for hydroxylation is 3. The summed E-state index contributed by atoms with van der Waals surface area (Å²) in [4.78, 5) is 2.53. The van der Waals surface area contributed by atoms with Gasteiger partial charge < -0.3 is 4.52 Å². The summed E-state index contributed by atoms with van der Waals surface area (Å²) in [7, 11) is -3.67. The summed E-state index contributed by atoms with van der Waals surface area (Å²) < 4.78 is 34.5. The molecule has 1 aliphatic heterocycles. The molecule has 138 valence electrons. The fraction of sp³-hybridized carbons (Fsp3) is 0.625. The van der Waals surface area contributed by atoms with Crippen LogP contribution in [0.1, 0.15) is 42.6 Å². The lowest BCUT2D eigenvalue weighted by Gasteiger charge is -2.17. The number of nitrogens with zero attached hydrogens (tertiary/aromatic N) is 4. The molecule has 25 heavy (non-hydrogen) atoms. The van der Waals surface area contributed by atoms with Crippen molar-refractivity contribution in [2.75, 3.05) is 13.1 Å². The number of hydrogen-bond acceptors (Lipinski definition) is 6. The molecule has 0 saturated carbocycles. The van der Waals surface area contributed by atoms with Crippen LogP contribution in [0.25, 0.3) is 0 Å². The lowest BCUT2D eigenvalue weighted by Crippen LogP contribution is -2.25. The molecule has 0 aliphatic carbocycles. The molecule has 0 atom stereocenters. The lowest BCUT2D eigenvalue weighted by molar-refractivity contribution is 0.270. The summed E-state index contributed by atoms with van der Waals surface area (Å²) in [6.07, 6.45) is 2.18. The second-order valence-electron chi connectivity index (χ2n) is 6.46. The molecule has 3 rings (SSSR count). The summed E-state index contributed by atoms with van der Waals surface area (Å²) >= 11 is 0. The van der Waals surface area contributed by atoms with Gasteiger partial charge in [-0.3, -0.25) is 9.58 Å². The fourth-order valence-corrected chi connectivity index (χ4v) is 4.61. The zero-order valence-corrected chi connectivity index (χ0v) is 15.8. The van der Waals surface area contributed by atoms with Gasteiger partial charge in [-0.2, -0.15) is 5.10 Å². The zero-order chi connectivity index (χ0) is 18.0. The number of fused-ring (bicyclic) bond motifs is 1. The quantitative estimate of drug-likeness (QED) is 0.833. The Hall–Kier alpha value is -1.71. The second-order valence-corrected chi connectivity index (χ2v) is 8.16. The first kappa shape index (κ1) is 18.1. The second kappa shape index (κ2) is 7.27. The highest BCUT2D eigenvalue weighted by atomic mass is 32.2. The molecule has 1 N–H and O–H groups in total. The lowest BCUT2D eigenvalue weighted by atomic mass is 10.3. The molecule has 0 amide bonds. The van der Waals surface area contributed by atoms with E-state index < -0.39 is 10.0 Å². The SMILES string of the molecule is CCCN1CCCn2nc(CNS(=O)(=O)c3c(C)noc3C)cc2C1. The van der Waals surface area contributed by atoms with Gasteiger partial charge in [0.05, 0.1) is 17.9 Å². The number of sulfonamides is 1. The van der Waals surface area contributed by atoms with Crippen molar-refractivity contribution in [2.45, 2.75) is 58.1 Å². The van der Waals surface area contributed by atoms with Gasteiger partial charge in [0, 0.05) is 19.6 Å². The first-order valence-electron chi connectivity index (χ1n) is 8.61. The van der Waals surface area contributed by atoms with Gasteiger partial charge in [-0.25, -0.2) is 13.1 Å². The van der Waals surface area contributed by atoms with E-state index in [0.29, 0.717) is 11.5 Å². The summed E-state index contributed by atoms with van der Waals surface area (Å²) in [5.74, 6) is 0.292. The molecule has 8 nitrogen and oxygen atoms in total. The summed E-state index contributed by atoms with van der Waals surface area (Å²) in [5.41, 5.74) is 2.22. The minimum atomic E-state index is -3.67. The first-order valence-corrected chi connectivity index (χ1v) is 10.1. The molecule has 0 bridgehead atoms. The van der Waals surface area contributed by atoms with Crippen molar-refractivity contribution in [1.29, 1.82) is 0 Å². The highest BCUT2D eigenvalue weighted by molar-refractivity contribution is 7.89. The molecule has 9 heteroatoms. The minimum absolute atomic E-state index is 0.113. The third-order valence-electron chi connectivity index (χ3n) is 4.36. The van der Waals surface area contributed by atoms with Crippen molar-refractivity contribution in [2.24, 2.45) is 0 Å². The molecule has 0 unspecified atom stereocenters. The highest BCUT2D eigenvalue weighted by Gasteiger charge is 2.24. The molecule has 0 fully saturated rings. The van der Waals surface area contributed by atoms with Crippen molar-refractivity contribution < 1.29 is 12.9 Å². The average Bonchev–Trinajstić information content (AvgIpc) is 3.03. The van der Waals surface area contributed by atoms with E-state index in [2.05, 4.69) is 26.8 Å². The largest absolute Gasteiger partial charge is 0.360 e. The van der Waals surface area contributed by atoms with Gasteiger partial charge >= 0.3 is 0 Å². The Morgan fingerprint density at radius 2 is 2.12 bits per heavy atom. The van der Waals surface area contributed by atoms with E-state index in [1.807, 2.05) is 10.7 Å². The Labute approximate surface area is 148 Å². The van der Waals surface area contributed by atoms with Gasteiger partial charge in [-0.15, -0.1) is 0 Å². The molecule has 3 heterocycles. The van der Waals surface area contributed by atoms with Crippen molar-refractivity contribution in [3.8, 4) is 0 Å². The zero-order valence-electron chi connectivity index (χ0n) is 14.9. The van der Waals surface area contributed by atoms with Crippen LogP contribution in [0.15, 0.2) is 15.5 Å². The molecule has 0 spiro atoms. The maximum atomic E-state index is 12.5. The topological polar surface area (TPSA) is 93.3 Å². The Bertz CT molecular complexity index is 821. The highest BCUT2D eigenvalue weighted by Crippen LogP contribution is 2.19. The van der Waals surface area contributed by atoms with Gasteiger partial charge in [-0.1, -0.05) is 12.1 Å². The average molecular weight is 367 g/mol. The van der Waals surface area contributed by atoms with E-state index >= 15 is 0 Å². The smallest absolute Gasteiger partial charge is 0.246 e. The number of aromatic nitrogens is 3. The summed E-state index contributed by atoms with van der Waals surface area (Å²) in [6.45, 7) is 9.41. The Morgan fingerprint density at radius 3 is 2.80 bits per heavy atom. The van der Waals surface area contributed by atoms with Crippen LogP contribution in [0.5, 0.6) is 0 Å². The number of hydrogen-bond donors (Lipinski definition) is 1. The van der Waals surface area contributed by atoms with Gasteiger partial charge in [0.2, 0.25) is 10.0 Å². The van der Waals surface area contributed by atoms with E-state index in [-0.39, 0.29) is 11.4 Å². The van der Waals surface area contributed by atoms with E-state index in [1.54, 1.807) is 13.8 Å². The molecule has 1 aliphatic rings. The van der Waals surface area contributed by atoms with Crippen LogP contribution in [-0.2, 0) is 29.7 Å². The molecular weight excluding hydrogens is 342 g/mol. The predicted octanol–water partition coefficient (Wildman–Crippen LogP) is 1.58. The van der Waals surface area contributed by atoms with Crippen LogP contribution in [0.4, 0.5) is 0 Å². The van der Waals surface area contributed by atoms with Crippen molar-refractivity contribution in [1.82, 2.24) is 24.6 Å².